The smallest absolute Gasteiger partial charge is 0.252 e. The minimum Gasteiger partial charge on any atom is -0.354 e. The summed E-state index contributed by atoms with van der Waals surface area (Å²) in [7, 11) is 2.83. The highest BCUT2D eigenvalue weighted by Crippen LogP contribution is 2.51. The normalized spacial score (nSPS) is 16.4. The van der Waals surface area contributed by atoms with Gasteiger partial charge in [-0.05, 0) is 64.7 Å². The lowest BCUT2D eigenvalue weighted by Crippen LogP contribution is -2.59. The van der Waals surface area contributed by atoms with Crippen LogP contribution in [0.3, 0.4) is 0 Å². The van der Waals surface area contributed by atoms with Gasteiger partial charge in [-0.25, -0.2) is 0 Å². The molecule has 1 unspecified atom stereocenters. The van der Waals surface area contributed by atoms with E-state index in [1.807, 2.05) is 17.7 Å². The molecule has 38 heavy (non-hydrogen) atoms. The third-order valence-electron chi connectivity index (χ3n) is 7.82. The van der Waals surface area contributed by atoms with E-state index in [-0.39, 0.29) is 23.0 Å². The summed E-state index contributed by atoms with van der Waals surface area (Å²) in [5.41, 5.74) is 5.74. The van der Waals surface area contributed by atoms with Crippen molar-refractivity contribution < 1.29 is 9.59 Å². The van der Waals surface area contributed by atoms with Crippen molar-refractivity contribution in [2.75, 3.05) is 26.2 Å². The number of hydrogen-bond donors (Lipinski definition) is 2. The fraction of sp³-hybridized carbons (Fsp3) is 0.419. The van der Waals surface area contributed by atoms with Crippen LogP contribution in [0.2, 0.25) is 0 Å². The first kappa shape index (κ1) is 27.1. The van der Waals surface area contributed by atoms with Gasteiger partial charge < -0.3 is 10.6 Å². The van der Waals surface area contributed by atoms with E-state index in [1.165, 1.54) is 11.1 Å². The Morgan fingerprint density at radius 3 is 2.24 bits per heavy atom. The van der Waals surface area contributed by atoms with E-state index in [1.54, 1.807) is 11.3 Å². The highest BCUT2D eigenvalue weighted by molar-refractivity contribution is 7.18. The SMILES string of the molecule is Cc1cscc1C(=O)NC1CN(CCCCC2(C(=O)NCC(C)(C)P)c3ccccc3-c3ccccc32)C1. The van der Waals surface area contributed by atoms with Crippen LogP contribution in [0.25, 0.3) is 11.1 Å². The van der Waals surface area contributed by atoms with Crippen LogP contribution in [0.4, 0.5) is 0 Å². The summed E-state index contributed by atoms with van der Waals surface area (Å²) in [6, 6.07) is 17.0. The first-order valence-electron chi connectivity index (χ1n) is 13.5. The third kappa shape index (κ3) is 5.32. The molecule has 3 aromatic rings. The van der Waals surface area contributed by atoms with Crippen molar-refractivity contribution in [1.82, 2.24) is 15.5 Å². The first-order valence-corrected chi connectivity index (χ1v) is 15.0. The maximum Gasteiger partial charge on any atom is 0.252 e. The van der Waals surface area contributed by atoms with Crippen molar-refractivity contribution in [3.63, 3.8) is 0 Å². The Labute approximate surface area is 232 Å². The highest BCUT2D eigenvalue weighted by Gasteiger charge is 2.48. The van der Waals surface area contributed by atoms with Gasteiger partial charge in [0.25, 0.3) is 5.91 Å². The van der Waals surface area contributed by atoms with Crippen LogP contribution < -0.4 is 10.6 Å². The molecule has 2 heterocycles. The van der Waals surface area contributed by atoms with Gasteiger partial charge in [-0.1, -0.05) is 68.8 Å². The van der Waals surface area contributed by atoms with E-state index in [4.69, 9.17) is 0 Å². The molecule has 5 nitrogen and oxygen atoms in total. The van der Waals surface area contributed by atoms with Crippen molar-refractivity contribution in [2.45, 2.75) is 56.6 Å². The maximum absolute atomic E-state index is 14.0. The Hall–Kier alpha value is -2.53. The van der Waals surface area contributed by atoms with Crippen LogP contribution in [-0.4, -0.2) is 54.1 Å². The predicted octanol–water partition coefficient (Wildman–Crippen LogP) is 5.38. The van der Waals surface area contributed by atoms with Gasteiger partial charge in [-0.3, -0.25) is 14.5 Å². The monoisotopic (exact) mass is 547 g/mol. The van der Waals surface area contributed by atoms with Gasteiger partial charge in [0.15, 0.2) is 0 Å². The summed E-state index contributed by atoms with van der Waals surface area (Å²) in [4.78, 5) is 28.9. The van der Waals surface area contributed by atoms with Crippen molar-refractivity contribution in [1.29, 1.82) is 0 Å². The molecule has 1 fully saturated rings. The molecule has 2 aromatic carbocycles. The number of carbonyl (C=O) groups is 2. The predicted molar refractivity (Wildman–Crippen MR) is 160 cm³/mol. The molecule has 1 atom stereocenters. The number of rotatable bonds is 10. The molecule has 0 radical (unpaired) electrons. The molecule has 0 bridgehead atoms. The molecule has 1 aromatic heterocycles. The number of nitrogens with zero attached hydrogens (tertiary/aromatic N) is 1. The molecule has 1 saturated heterocycles. The van der Waals surface area contributed by atoms with Gasteiger partial charge >= 0.3 is 0 Å². The Kier molecular flexibility index (Phi) is 7.77. The molecule has 200 valence electrons. The van der Waals surface area contributed by atoms with Crippen LogP contribution in [0.15, 0.2) is 59.3 Å². The molecule has 1 aliphatic heterocycles. The Morgan fingerprint density at radius 1 is 1.03 bits per heavy atom. The number of aryl methyl sites for hydroxylation is 1. The second-order valence-corrected chi connectivity index (χ2v) is 13.8. The summed E-state index contributed by atoms with van der Waals surface area (Å²) in [5.74, 6) is 0.134. The van der Waals surface area contributed by atoms with Gasteiger partial charge in [0, 0.05) is 25.0 Å². The van der Waals surface area contributed by atoms with Gasteiger partial charge in [0.05, 0.1) is 11.6 Å². The van der Waals surface area contributed by atoms with E-state index in [9.17, 15) is 9.59 Å². The second kappa shape index (κ2) is 10.9. The standard InChI is InChI=1S/C31H38N3O2PS/c1-21-18-38-19-25(21)28(35)33-22-16-34(17-22)15-9-8-14-31(29(36)32-20-30(2,3)37)26-12-6-4-10-23(26)24-11-5-7-13-27(24)31/h4-7,10-13,18-19,22H,8-9,14-17,20,37H2,1-3H3,(H,32,36)(H,33,35). The molecule has 0 spiro atoms. The molecule has 2 aliphatic rings. The molecule has 1 aliphatic carbocycles. The largest absolute Gasteiger partial charge is 0.354 e. The topological polar surface area (TPSA) is 61.4 Å². The molecular weight excluding hydrogens is 509 g/mol. The van der Waals surface area contributed by atoms with E-state index < -0.39 is 5.41 Å². The highest BCUT2D eigenvalue weighted by atomic mass is 32.1. The average Bonchev–Trinajstić information content (AvgIpc) is 3.43. The number of carbonyl (C=O) groups excluding carboxylic acids is 2. The Bertz CT molecular complexity index is 1280. The maximum atomic E-state index is 14.0. The number of amides is 2. The van der Waals surface area contributed by atoms with Crippen molar-refractivity contribution >= 4 is 32.4 Å². The molecule has 7 heteroatoms. The lowest BCUT2D eigenvalue weighted by molar-refractivity contribution is -0.125. The zero-order valence-electron chi connectivity index (χ0n) is 22.5. The van der Waals surface area contributed by atoms with Gasteiger partial charge in [-0.15, -0.1) is 9.24 Å². The third-order valence-corrected chi connectivity index (χ3v) is 8.89. The molecule has 2 amide bonds. The number of fused-ring (bicyclic) bond motifs is 3. The molecule has 5 rings (SSSR count). The molecule has 2 N–H and O–H groups in total. The van der Waals surface area contributed by atoms with Crippen LogP contribution in [0.1, 0.15) is 60.2 Å². The lowest BCUT2D eigenvalue weighted by Gasteiger charge is -2.40. The number of likely N-dealkylation sites (tertiary alicyclic amines) is 1. The number of benzene rings is 2. The van der Waals surface area contributed by atoms with Crippen molar-refractivity contribution in [3.8, 4) is 11.1 Å². The zero-order valence-corrected chi connectivity index (χ0v) is 24.5. The summed E-state index contributed by atoms with van der Waals surface area (Å²) >= 11 is 1.57. The Balaban J connectivity index is 1.23. The van der Waals surface area contributed by atoms with Crippen LogP contribution >= 0.6 is 20.6 Å². The Morgan fingerprint density at radius 2 is 1.66 bits per heavy atom. The summed E-state index contributed by atoms with van der Waals surface area (Å²) in [6.45, 7) is 9.56. The van der Waals surface area contributed by atoms with E-state index in [2.05, 4.69) is 87.2 Å². The van der Waals surface area contributed by atoms with Crippen LogP contribution in [0.5, 0.6) is 0 Å². The van der Waals surface area contributed by atoms with Crippen LogP contribution in [-0.2, 0) is 10.2 Å². The first-order chi connectivity index (χ1) is 18.2. The average molecular weight is 548 g/mol. The minimum atomic E-state index is -0.674. The number of thiophene rings is 1. The van der Waals surface area contributed by atoms with E-state index in [0.717, 1.165) is 61.2 Å². The van der Waals surface area contributed by atoms with E-state index in [0.29, 0.717) is 6.54 Å². The molecular formula is C31H38N3O2PS. The van der Waals surface area contributed by atoms with Gasteiger partial charge in [-0.2, -0.15) is 11.3 Å². The quantitative estimate of drug-likeness (QED) is 0.265. The van der Waals surface area contributed by atoms with Crippen molar-refractivity contribution in [2.24, 2.45) is 0 Å². The second-order valence-electron chi connectivity index (χ2n) is 11.5. The lowest BCUT2D eigenvalue weighted by atomic mass is 9.73. The number of unbranched alkanes of at least 4 members (excludes halogenated alkanes) is 1. The van der Waals surface area contributed by atoms with Crippen LogP contribution in [0, 0.1) is 6.92 Å². The van der Waals surface area contributed by atoms with Gasteiger partial charge in [0.1, 0.15) is 5.41 Å². The molecule has 0 saturated carbocycles. The fourth-order valence-electron chi connectivity index (χ4n) is 5.84. The number of nitrogens with one attached hydrogen (secondary N) is 2. The fourth-order valence-corrected chi connectivity index (χ4v) is 6.77. The van der Waals surface area contributed by atoms with E-state index >= 15 is 0 Å². The minimum absolute atomic E-state index is 0.0357. The zero-order chi connectivity index (χ0) is 26.9. The number of hydrogen-bond acceptors (Lipinski definition) is 4. The van der Waals surface area contributed by atoms with Gasteiger partial charge in [0.2, 0.25) is 5.91 Å². The summed E-state index contributed by atoms with van der Waals surface area (Å²) in [6.07, 6.45) is 2.73. The summed E-state index contributed by atoms with van der Waals surface area (Å²) in [5, 5.41) is 10.3. The van der Waals surface area contributed by atoms with Crippen molar-refractivity contribution in [3.05, 3.63) is 81.5 Å². The summed E-state index contributed by atoms with van der Waals surface area (Å²) < 4.78 is 0.